The van der Waals surface area contributed by atoms with Gasteiger partial charge in [0.05, 0.1) is 11.0 Å². The van der Waals surface area contributed by atoms with Gasteiger partial charge in [-0.2, -0.15) is 0 Å². The van der Waals surface area contributed by atoms with Crippen molar-refractivity contribution < 1.29 is 14.3 Å². The highest BCUT2D eigenvalue weighted by Crippen LogP contribution is 2.25. The summed E-state index contributed by atoms with van der Waals surface area (Å²) in [7, 11) is 0. The van der Waals surface area contributed by atoms with E-state index >= 15 is 0 Å². The first-order valence-electron chi connectivity index (χ1n) is 10.5. The number of hydrogen-bond donors (Lipinski definition) is 1. The van der Waals surface area contributed by atoms with E-state index in [0.29, 0.717) is 28.0 Å². The first kappa shape index (κ1) is 21.1. The molecule has 0 saturated carbocycles. The van der Waals surface area contributed by atoms with Crippen molar-refractivity contribution in [2.45, 2.75) is 13.5 Å². The van der Waals surface area contributed by atoms with E-state index in [4.69, 9.17) is 4.74 Å². The Kier molecular flexibility index (Phi) is 5.35. The number of Topliss-reactive ketones (excluding diaryl/α,β-unsaturated/α-hetero) is 1. The van der Waals surface area contributed by atoms with E-state index in [9.17, 15) is 14.4 Å². The van der Waals surface area contributed by atoms with Crippen LogP contribution in [0.15, 0.2) is 83.7 Å². The highest BCUT2D eigenvalue weighted by molar-refractivity contribution is 5.97. The molecule has 0 radical (unpaired) electrons. The smallest absolute Gasteiger partial charge is 0.351 e. The maximum atomic E-state index is 13.2. The molecule has 0 aliphatic carbocycles. The summed E-state index contributed by atoms with van der Waals surface area (Å²) in [6.45, 7) is 1.12. The minimum Gasteiger partial charge on any atom is -0.436 e. The van der Waals surface area contributed by atoms with Crippen molar-refractivity contribution in [3.63, 3.8) is 0 Å². The lowest BCUT2D eigenvalue weighted by Gasteiger charge is -2.07. The molecule has 2 aromatic heterocycles. The number of amides is 1. The van der Waals surface area contributed by atoms with Crippen LogP contribution in [0.2, 0.25) is 0 Å². The van der Waals surface area contributed by atoms with Crippen molar-refractivity contribution in [3.8, 4) is 11.6 Å². The van der Waals surface area contributed by atoms with Gasteiger partial charge in [-0.05, 0) is 43.3 Å². The van der Waals surface area contributed by atoms with E-state index in [-0.39, 0.29) is 23.9 Å². The number of carbonyl (C=O) groups is 2. The Bertz CT molecular complexity index is 1600. The Labute approximate surface area is 193 Å². The lowest BCUT2D eigenvalue weighted by Crippen LogP contribution is -2.28. The quantitative estimate of drug-likeness (QED) is 0.393. The molecular formula is C25H19N5O4. The summed E-state index contributed by atoms with van der Waals surface area (Å²) in [5.74, 6) is 0.111. The summed E-state index contributed by atoms with van der Waals surface area (Å²) in [5.41, 5.74) is 1.72. The predicted octanol–water partition coefficient (Wildman–Crippen LogP) is 3.68. The zero-order chi connectivity index (χ0) is 23.7. The monoisotopic (exact) mass is 453 g/mol. The van der Waals surface area contributed by atoms with Crippen LogP contribution in [0.25, 0.3) is 16.7 Å². The van der Waals surface area contributed by atoms with E-state index in [1.807, 2.05) is 24.3 Å². The minimum absolute atomic E-state index is 0.113. The topological polar surface area (TPSA) is 108 Å². The SMILES string of the molecule is CC(=O)c1cccc(NC(=O)Cn2nc3c(Oc4ccccc4)nc4ccccc4n3c2=O)c1. The van der Waals surface area contributed by atoms with Crippen LogP contribution < -0.4 is 15.7 Å². The Morgan fingerprint density at radius 3 is 2.53 bits per heavy atom. The zero-order valence-electron chi connectivity index (χ0n) is 18.1. The second-order valence-electron chi connectivity index (χ2n) is 7.61. The van der Waals surface area contributed by atoms with Crippen LogP contribution in [0, 0.1) is 0 Å². The van der Waals surface area contributed by atoms with Gasteiger partial charge in [0.2, 0.25) is 11.6 Å². The van der Waals surface area contributed by atoms with Gasteiger partial charge in [0.25, 0.3) is 5.88 Å². The molecule has 0 atom stereocenters. The van der Waals surface area contributed by atoms with Crippen molar-refractivity contribution in [3.05, 3.63) is 94.9 Å². The first-order valence-corrected chi connectivity index (χ1v) is 10.5. The average Bonchev–Trinajstić information content (AvgIpc) is 3.16. The van der Waals surface area contributed by atoms with Gasteiger partial charge < -0.3 is 10.1 Å². The van der Waals surface area contributed by atoms with Crippen molar-refractivity contribution >= 4 is 34.1 Å². The van der Waals surface area contributed by atoms with Crippen molar-refractivity contribution in [1.29, 1.82) is 0 Å². The molecule has 0 fully saturated rings. The molecule has 0 saturated heterocycles. The lowest BCUT2D eigenvalue weighted by molar-refractivity contribution is -0.117. The normalized spacial score (nSPS) is 11.0. The van der Waals surface area contributed by atoms with E-state index in [1.54, 1.807) is 54.6 Å². The van der Waals surface area contributed by atoms with Gasteiger partial charge in [-0.15, -0.1) is 5.10 Å². The van der Waals surface area contributed by atoms with Crippen LogP contribution in [-0.4, -0.2) is 30.9 Å². The lowest BCUT2D eigenvalue weighted by atomic mass is 10.1. The standard InChI is InChI=1S/C25H19N5O4/c1-16(31)17-8-7-9-18(14-17)26-22(32)15-29-25(33)30-21-13-6-5-12-20(21)27-24(23(30)28-29)34-19-10-3-2-4-11-19/h2-14H,15H2,1H3,(H,26,32). The molecule has 34 heavy (non-hydrogen) atoms. The number of carbonyl (C=O) groups excluding carboxylic acids is 2. The van der Waals surface area contributed by atoms with Crippen LogP contribution in [0.3, 0.4) is 0 Å². The van der Waals surface area contributed by atoms with Crippen molar-refractivity contribution in [2.24, 2.45) is 0 Å². The zero-order valence-corrected chi connectivity index (χ0v) is 18.1. The summed E-state index contributed by atoms with van der Waals surface area (Å²) in [5, 5.41) is 7.05. The number of ether oxygens (including phenoxy) is 1. The van der Waals surface area contributed by atoms with Crippen LogP contribution >= 0.6 is 0 Å². The molecule has 1 amide bonds. The van der Waals surface area contributed by atoms with E-state index in [2.05, 4.69) is 15.4 Å². The number of para-hydroxylation sites is 3. The van der Waals surface area contributed by atoms with Gasteiger partial charge in [0.1, 0.15) is 12.3 Å². The minimum atomic E-state index is -0.501. The molecule has 3 aromatic carbocycles. The number of aromatic nitrogens is 4. The number of hydrogen-bond acceptors (Lipinski definition) is 6. The number of benzene rings is 3. The molecule has 5 aromatic rings. The van der Waals surface area contributed by atoms with Gasteiger partial charge in [-0.3, -0.25) is 9.59 Å². The van der Waals surface area contributed by atoms with Gasteiger partial charge in [0.15, 0.2) is 5.78 Å². The number of fused-ring (bicyclic) bond motifs is 3. The number of rotatable bonds is 6. The maximum Gasteiger partial charge on any atom is 0.351 e. The number of anilines is 1. The molecule has 0 aliphatic rings. The highest BCUT2D eigenvalue weighted by atomic mass is 16.5. The maximum absolute atomic E-state index is 13.2. The molecule has 9 heteroatoms. The Hall–Kier alpha value is -4.79. The van der Waals surface area contributed by atoms with Gasteiger partial charge in [-0.25, -0.2) is 18.9 Å². The summed E-state index contributed by atoms with van der Waals surface area (Å²) in [4.78, 5) is 42.0. The fourth-order valence-electron chi connectivity index (χ4n) is 3.59. The van der Waals surface area contributed by atoms with E-state index in [0.717, 1.165) is 4.68 Å². The second-order valence-corrected chi connectivity index (χ2v) is 7.61. The summed E-state index contributed by atoms with van der Waals surface area (Å²) in [6.07, 6.45) is 0. The predicted molar refractivity (Wildman–Crippen MR) is 126 cm³/mol. The summed E-state index contributed by atoms with van der Waals surface area (Å²) in [6, 6.07) is 22.8. The summed E-state index contributed by atoms with van der Waals surface area (Å²) >= 11 is 0. The van der Waals surface area contributed by atoms with E-state index in [1.165, 1.54) is 11.3 Å². The third-order valence-electron chi connectivity index (χ3n) is 5.18. The fourth-order valence-corrected chi connectivity index (χ4v) is 3.59. The van der Waals surface area contributed by atoms with E-state index < -0.39 is 11.6 Å². The van der Waals surface area contributed by atoms with Crippen LogP contribution in [0.4, 0.5) is 5.69 Å². The molecular weight excluding hydrogens is 434 g/mol. The molecule has 0 unspecified atom stereocenters. The van der Waals surface area contributed by atoms with Crippen molar-refractivity contribution in [2.75, 3.05) is 5.32 Å². The Balaban J connectivity index is 1.53. The molecule has 0 bridgehead atoms. The van der Waals surface area contributed by atoms with Crippen LogP contribution in [0.5, 0.6) is 11.6 Å². The third kappa shape index (κ3) is 4.02. The molecule has 0 spiro atoms. The average molecular weight is 453 g/mol. The molecule has 168 valence electrons. The third-order valence-corrected chi connectivity index (χ3v) is 5.18. The second kappa shape index (κ2) is 8.62. The van der Waals surface area contributed by atoms with Gasteiger partial charge in [-0.1, -0.05) is 42.5 Å². The molecule has 5 rings (SSSR count). The first-order chi connectivity index (χ1) is 16.5. The molecule has 2 heterocycles. The van der Waals surface area contributed by atoms with Gasteiger partial charge >= 0.3 is 5.69 Å². The Morgan fingerprint density at radius 2 is 1.74 bits per heavy atom. The molecule has 0 aliphatic heterocycles. The highest BCUT2D eigenvalue weighted by Gasteiger charge is 2.19. The Morgan fingerprint density at radius 1 is 0.971 bits per heavy atom. The van der Waals surface area contributed by atoms with Crippen molar-refractivity contribution in [1.82, 2.24) is 19.2 Å². The largest absolute Gasteiger partial charge is 0.436 e. The number of nitrogens with one attached hydrogen (secondary N) is 1. The van der Waals surface area contributed by atoms with Crippen LogP contribution in [0.1, 0.15) is 17.3 Å². The van der Waals surface area contributed by atoms with Crippen LogP contribution in [-0.2, 0) is 11.3 Å². The number of ketones is 1. The molecule has 1 N–H and O–H groups in total. The number of nitrogens with zero attached hydrogens (tertiary/aromatic N) is 4. The summed E-state index contributed by atoms with van der Waals surface area (Å²) < 4.78 is 8.37. The molecule has 9 nitrogen and oxygen atoms in total. The fraction of sp³-hybridized carbons (Fsp3) is 0.0800. The van der Waals surface area contributed by atoms with Gasteiger partial charge in [0, 0.05) is 11.3 Å².